The van der Waals surface area contributed by atoms with Crippen LogP contribution < -0.4 is 20.9 Å². The molecular weight excluding hydrogens is 351 g/mol. The highest BCUT2D eigenvalue weighted by atomic mass is 19.1. The van der Waals surface area contributed by atoms with Gasteiger partial charge in [-0.25, -0.2) is 9.18 Å². The molecular formula is C19H19FN4O3. The average molecular weight is 370 g/mol. The zero-order valence-corrected chi connectivity index (χ0v) is 14.7. The van der Waals surface area contributed by atoms with Crippen LogP contribution in [0.2, 0.25) is 0 Å². The van der Waals surface area contributed by atoms with Crippen LogP contribution in [0.15, 0.2) is 48.5 Å². The lowest BCUT2D eigenvalue weighted by atomic mass is 10.2. The maximum absolute atomic E-state index is 13.0. The Morgan fingerprint density at radius 3 is 2.19 bits per heavy atom. The van der Waals surface area contributed by atoms with E-state index < -0.39 is 6.03 Å². The van der Waals surface area contributed by atoms with E-state index in [9.17, 15) is 18.8 Å². The topological polar surface area (TPSA) is 90.5 Å². The summed E-state index contributed by atoms with van der Waals surface area (Å²) >= 11 is 0. The van der Waals surface area contributed by atoms with Crippen molar-refractivity contribution < 1.29 is 18.8 Å². The maximum atomic E-state index is 13.0. The third kappa shape index (κ3) is 4.81. The van der Waals surface area contributed by atoms with E-state index >= 15 is 0 Å². The van der Waals surface area contributed by atoms with Crippen LogP contribution in [0, 0.1) is 5.82 Å². The van der Waals surface area contributed by atoms with Gasteiger partial charge in [-0.15, -0.1) is 0 Å². The third-order valence-corrected chi connectivity index (χ3v) is 4.06. The predicted molar refractivity (Wildman–Crippen MR) is 100 cm³/mol. The van der Waals surface area contributed by atoms with Gasteiger partial charge in [-0.3, -0.25) is 9.59 Å². The van der Waals surface area contributed by atoms with Gasteiger partial charge in [0, 0.05) is 37.0 Å². The van der Waals surface area contributed by atoms with Crippen LogP contribution in [0.4, 0.5) is 26.2 Å². The summed E-state index contributed by atoms with van der Waals surface area (Å²) in [7, 11) is 0. The number of urea groups is 1. The molecule has 27 heavy (non-hydrogen) atoms. The van der Waals surface area contributed by atoms with Gasteiger partial charge in [0.15, 0.2) is 0 Å². The largest absolute Gasteiger partial charge is 0.333 e. The van der Waals surface area contributed by atoms with Crippen LogP contribution in [0.5, 0.6) is 0 Å². The third-order valence-electron chi connectivity index (χ3n) is 4.06. The molecule has 0 radical (unpaired) electrons. The molecule has 3 N–H and O–H groups in total. The number of hydrogen-bond acceptors (Lipinski definition) is 3. The monoisotopic (exact) mass is 370 g/mol. The Morgan fingerprint density at radius 1 is 1.00 bits per heavy atom. The summed E-state index contributed by atoms with van der Waals surface area (Å²) < 4.78 is 13.0. The highest BCUT2D eigenvalue weighted by Crippen LogP contribution is 2.22. The van der Waals surface area contributed by atoms with E-state index in [-0.39, 0.29) is 30.1 Å². The molecule has 4 amide bonds. The van der Waals surface area contributed by atoms with Crippen molar-refractivity contribution in [2.24, 2.45) is 0 Å². The van der Waals surface area contributed by atoms with Gasteiger partial charge in [0.25, 0.3) is 0 Å². The van der Waals surface area contributed by atoms with Gasteiger partial charge in [0.2, 0.25) is 11.8 Å². The van der Waals surface area contributed by atoms with E-state index in [1.165, 1.54) is 36.1 Å². The number of hydrogen-bond donors (Lipinski definition) is 3. The fourth-order valence-corrected chi connectivity index (χ4v) is 2.87. The number of rotatable bonds is 4. The molecule has 3 rings (SSSR count). The zero-order chi connectivity index (χ0) is 19.4. The minimum atomic E-state index is -0.430. The average Bonchev–Trinajstić information content (AvgIpc) is 2.97. The first-order valence-electron chi connectivity index (χ1n) is 8.42. The fraction of sp³-hybridized carbons (Fsp3) is 0.211. The first-order chi connectivity index (χ1) is 12.9. The molecule has 2 aromatic carbocycles. The van der Waals surface area contributed by atoms with E-state index in [4.69, 9.17) is 0 Å². The normalized spacial score (nSPS) is 16.1. The number of carbonyl (C=O) groups is 3. The smallest absolute Gasteiger partial charge is 0.319 e. The fourth-order valence-electron chi connectivity index (χ4n) is 2.87. The second kappa shape index (κ2) is 7.86. The Morgan fingerprint density at radius 2 is 1.59 bits per heavy atom. The molecule has 0 spiro atoms. The molecule has 1 fully saturated rings. The van der Waals surface area contributed by atoms with Crippen molar-refractivity contribution in [1.82, 2.24) is 5.32 Å². The van der Waals surface area contributed by atoms with E-state index in [0.717, 1.165) is 0 Å². The highest BCUT2D eigenvalue weighted by Gasteiger charge is 2.31. The van der Waals surface area contributed by atoms with Crippen molar-refractivity contribution >= 4 is 34.9 Å². The van der Waals surface area contributed by atoms with Gasteiger partial charge in [-0.1, -0.05) is 0 Å². The molecule has 7 nitrogen and oxygen atoms in total. The molecule has 8 heteroatoms. The van der Waals surface area contributed by atoms with Crippen molar-refractivity contribution in [1.29, 1.82) is 0 Å². The lowest BCUT2D eigenvalue weighted by molar-refractivity contribution is -0.117. The van der Waals surface area contributed by atoms with Crippen LogP contribution in [-0.4, -0.2) is 30.4 Å². The molecule has 140 valence electrons. The summed E-state index contributed by atoms with van der Waals surface area (Å²) in [5.74, 6) is -0.680. The molecule has 1 aliphatic rings. The number of amides is 4. The zero-order valence-electron chi connectivity index (χ0n) is 14.7. The minimum Gasteiger partial charge on any atom is -0.333 e. The summed E-state index contributed by atoms with van der Waals surface area (Å²) in [6.45, 7) is 1.73. The minimum absolute atomic E-state index is 0.133. The Bertz CT molecular complexity index is 852. The van der Waals surface area contributed by atoms with Gasteiger partial charge < -0.3 is 20.9 Å². The van der Waals surface area contributed by atoms with Crippen molar-refractivity contribution in [3.8, 4) is 0 Å². The van der Waals surface area contributed by atoms with Crippen LogP contribution >= 0.6 is 0 Å². The summed E-state index contributed by atoms with van der Waals surface area (Å²) in [6, 6.07) is 11.5. The first kappa shape index (κ1) is 18.4. The Hall–Kier alpha value is -3.42. The van der Waals surface area contributed by atoms with Gasteiger partial charge >= 0.3 is 6.03 Å². The number of benzene rings is 2. The summed E-state index contributed by atoms with van der Waals surface area (Å²) in [5.41, 5.74) is 1.78. The van der Waals surface area contributed by atoms with Crippen molar-refractivity contribution in [3.05, 3.63) is 54.3 Å². The molecule has 2 aromatic rings. The molecule has 0 bridgehead atoms. The van der Waals surface area contributed by atoms with Gasteiger partial charge in [-0.2, -0.15) is 0 Å². The highest BCUT2D eigenvalue weighted by molar-refractivity contribution is 5.97. The number of halogens is 1. The van der Waals surface area contributed by atoms with Gasteiger partial charge in [0.05, 0.1) is 6.04 Å². The molecule has 0 aromatic heterocycles. The number of anilines is 3. The Kier molecular flexibility index (Phi) is 5.35. The molecule has 1 saturated heterocycles. The second-order valence-electron chi connectivity index (χ2n) is 6.24. The number of nitrogens with one attached hydrogen (secondary N) is 3. The second-order valence-corrected chi connectivity index (χ2v) is 6.24. The lowest BCUT2D eigenvalue weighted by Gasteiger charge is -2.17. The van der Waals surface area contributed by atoms with Gasteiger partial charge in [0.1, 0.15) is 5.82 Å². The van der Waals surface area contributed by atoms with Gasteiger partial charge in [-0.05, 0) is 48.5 Å². The maximum Gasteiger partial charge on any atom is 0.319 e. The number of nitrogens with zero attached hydrogens (tertiary/aromatic N) is 1. The summed E-state index contributed by atoms with van der Waals surface area (Å²) in [5, 5.41) is 8.08. The Labute approximate surface area is 155 Å². The summed E-state index contributed by atoms with van der Waals surface area (Å²) in [6.07, 6.45) is 0.173. The van der Waals surface area contributed by atoms with E-state index in [2.05, 4.69) is 16.0 Å². The van der Waals surface area contributed by atoms with Crippen molar-refractivity contribution in [2.45, 2.75) is 19.4 Å². The predicted octanol–water partition coefficient (Wildman–Crippen LogP) is 2.71. The summed E-state index contributed by atoms with van der Waals surface area (Å²) in [4.78, 5) is 36.8. The Balaban J connectivity index is 1.54. The molecule has 1 aliphatic heterocycles. The van der Waals surface area contributed by atoms with Crippen LogP contribution in [0.1, 0.15) is 13.3 Å². The molecule has 0 unspecified atom stereocenters. The standard InChI is InChI=1S/C19H19FN4O3/c1-12(25)21-14-4-6-15(7-5-14)22-19(27)23-16-10-18(26)24(11-16)17-8-2-13(20)3-9-17/h2-9,16H,10-11H2,1H3,(H,21,25)(H2,22,23,27)/t16-/m1/s1. The molecule has 0 aliphatic carbocycles. The van der Waals surface area contributed by atoms with E-state index in [1.54, 1.807) is 24.3 Å². The molecule has 1 atom stereocenters. The molecule has 0 saturated carbocycles. The quantitative estimate of drug-likeness (QED) is 0.773. The van der Waals surface area contributed by atoms with Crippen LogP contribution in [0.3, 0.4) is 0 Å². The lowest BCUT2D eigenvalue weighted by Crippen LogP contribution is -2.39. The van der Waals surface area contributed by atoms with Crippen molar-refractivity contribution in [2.75, 3.05) is 22.1 Å². The number of carbonyl (C=O) groups excluding carboxylic acids is 3. The molecule has 1 heterocycles. The van der Waals surface area contributed by atoms with Crippen LogP contribution in [0.25, 0.3) is 0 Å². The van der Waals surface area contributed by atoms with Crippen LogP contribution in [-0.2, 0) is 9.59 Å². The van der Waals surface area contributed by atoms with E-state index in [0.29, 0.717) is 23.6 Å². The SMILES string of the molecule is CC(=O)Nc1ccc(NC(=O)N[C@@H]2CC(=O)N(c3ccc(F)cc3)C2)cc1. The first-order valence-corrected chi connectivity index (χ1v) is 8.42. The van der Waals surface area contributed by atoms with Crippen molar-refractivity contribution in [3.63, 3.8) is 0 Å². The van der Waals surface area contributed by atoms with E-state index in [1.807, 2.05) is 0 Å².